The quantitative estimate of drug-likeness (QED) is 0.818. The molecule has 1 aliphatic heterocycles. The Hall–Kier alpha value is -1.29. The van der Waals surface area contributed by atoms with Crippen molar-refractivity contribution in [1.82, 2.24) is 10.3 Å². The minimum Gasteiger partial charge on any atom is -0.314 e. The van der Waals surface area contributed by atoms with Crippen LogP contribution in [0.5, 0.6) is 0 Å². The van der Waals surface area contributed by atoms with Crippen molar-refractivity contribution in [3.8, 4) is 0 Å². The predicted octanol–water partition coefficient (Wildman–Crippen LogP) is 2.18. The molecular formula is C13H17FN2O. The van der Waals surface area contributed by atoms with Crippen LogP contribution in [0.2, 0.25) is 0 Å². The van der Waals surface area contributed by atoms with Crippen LogP contribution in [-0.4, -0.2) is 23.4 Å². The van der Waals surface area contributed by atoms with Crippen molar-refractivity contribution < 1.29 is 9.18 Å². The van der Waals surface area contributed by atoms with Crippen molar-refractivity contribution in [3.63, 3.8) is 0 Å². The molecule has 4 heteroatoms. The first kappa shape index (κ1) is 12.2. The van der Waals surface area contributed by atoms with E-state index in [9.17, 15) is 9.18 Å². The number of carbonyl (C=O) groups excluding carboxylic acids is 1. The lowest BCUT2D eigenvalue weighted by atomic mass is 9.90. The zero-order valence-electron chi connectivity index (χ0n) is 9.95. The molecule has 2 heterocycles. The Morgan fingerprint density at radius 2 is 2.41 bits per heavy atom. The summed E-state index contributed by atoms with van der Waals surface area (Å²) in [5.41, 5.74) is 0.366. The number of ketones is 1. The lowest BCUT2D eigenvalue weighted by Crippen LogP contribution is -2.38. The lowest BCUT2D eigenvalue weighted by molar-refractivity contribution is 0.0958. The second-order valence-corrected chi connectivity index (χ2v) is 4.80. The number of pyridine rings is 1. The summed E-state index contributed by atoms with van der Waals surface area (Å²) in [5, 5.41) is 3.33. The molecule has 1 fully saturated rings. The van der Waals surface area contributed by atoms with Gasteiger partial charge in [-0.25, -0.2) is 4.39 Å². The number of rotatable bonds is 3. The lowest BCUT2D eigenvalue weighted by Gasteiger charge is -2.27. The Morgan fingerprint density at radius 1 is 1.59 bits per heavy atom. The number of nitrogens with zero attached hydrogens (tertiary/aromatic N) is 1. The molecule has 0 saturated carbocycles. The van der Waals surface area contributed by atoms with E-state index >= 15 is 0 Å². The Morgan fingerprint density at radius 3 is 3.12 bits per heavy atom. The number of halogens is 1. The minimum absolute atomic E-state index is 0.0383. The fourth-order valence-electron chi connectivity index (χ4n) is 2.28. The predicted molar refractivity (Wildman–Crippen MR) is 63.3 cm³/mol. The summed E-state index contributed by atoms with van der Waals surface area (Å²) < 4.78 is 12.9. The zero-order chi connectivity index (χ0) is 12.3. The van der Waals surface area contributed by atoms with E-state index in [4.69, 9.17) is 0 Å². The van der Waals surface area contributed by atoms with E-state index in [1.807, 2.05) is 0 Å². The summed E-state index contributed by atoms with van der Waals surface area (Å²) in [4.78, 5) is 15.6. The molecule has 1 saturated heterocycles. The van der Waals surface area contributed by atoms with Gasteiger partial charge in [0.05, 0.1) is 6.20 Å². The average Bonchev–Trinajstić information content (AvgIpc) is 2.29. The first-order valence-electron chi connectivity index (χ1n) is 6.02. The molecule has 1 aromatic rings. The molecule has 1 aromatic heterocycles. The van der Waals surface area contributed by atoms with Crippen LogP contribution < -0.4 is 5.32 Å². The maximum atomic E-state index is 12.9. The molecule has 0 aliphatic carbocycles. The third kappa shape index (κ3) is 3.33. The highest BCUT2D eigenvalue weighted by molar-refractivity contribution is 5.96. The van der Waals surface area contributed by atoms with Gasteiger partial charge in [0.1, 0.15) is 5.82 Å². The van der Waals surface area contributed by atoms with Crippen molar-refractivity contribution in [3.05, 3.63) is 29.8 Å². The maximum absolute atomic E-state index is 12.9. The molecule has 3 nitrogen and oxygen atoms in total. The molecule has 92 valence electrons. The van der Waals surface area contributed by atoms with Gasteiger partial charge < -0.3 is 5.32 Å². The monoisotopic (exact) mass is 236 g/mol. The molecule has 0 bridgehead atoms. The van der Waals surface area contributed by atoms with Crippen LogP contribution in [0.25, 0.3) is 0 Å². The van der Waals surface area contributed by atoms with Crippen molar-refractivity contribution in [1.29, 1.82) is 0 Å². The second kappa shape index (κ2) is 5.36. The van der Waals surface area contributed by atoms with Crippen molar-refractivity contribution in [2.45, 2.75) is 32.2 Å². The van der Waals surface area contributed by atoms with Gasteiger partial charge in [-0.05, 0) is 31.4 Å². The molecule has 1 aliphatic rings. The summed E-state index contributed by atoms with van der Waals surface area (Å²) in [7, 11) is 0. The van der Waals surface area contributed by atoms with Crippen LogP contribution in [0, 0.1) is 11.7 Å². The topological polar surface area (TPSA) is 42.0 Å². The van der Waals surface area contributed by atoms with E-state index in [1.165, 1.54) is 12.3 Å². The molecule has 17 heavy (non-hydrogen) atoms. The summed E-state index contributed by atoms with van der Waals surface area (Å²) in [6.45, 7) is 3.16. The number of hydrogen-bond acceptors (Lipinski definition) is 3. The fraction of sp³-hybridized carbons (Fsp3) is 0.538. The summed E-state index contributed by atoms with van der Waals surface area (Å²) in [5.74, 6) is 0.157. The van der Waals surface area contributed by atoms with Crippen molar-refractivity contribution in [2.24, 2.45) is 5.92 Å². The van der Waals surface area contributed by atoms with E-state index < -0.39 is 5.82 Å². The molecule has 0 radical (unpaired) electrons. The number of piperidine rings is 1. The van der Waals surface area contributed by atoms with Crippen LogP contribution >= 0.6 is 0 Å². The van der Waals surface area contributed by atoms with Crippen LogP contribution in [0.1, 0.15) is 36.5 Å². The first-order valence-corrected chi connectivity index (χ1v) is 6.02. The molecule has 0 aromatic carbocycles. The molecule has 1 N–H and O–H groups in total. The van der Waals surface area contributed by atoms with Crippen LogP contribution in [0.15, 0.2) is 18.5 Å². The first-order chi connectivity index (χ1) is 8.15. The van der Waals surface area contributed by atoms with Gasteiger partial charge in [0.2, 0.25) is 0 Å². The van der Waals surface area contributed by atoms with Crippen molar-refractivity contribution >= 4 is 5.78 Å². The largest absolute Gasteiger partial charge is 0.314 e. The van der Waals surface area contributed by atoms with Gasteiger partial charge in [0.25, 0.3) is 0 Å². The van der Waals surface area contributed by atoms with Crippen LogP contribution in [-0.2, 0) is 0 Å². The van der Waals surface area contributed by atoms with Crippen LogP contribution in [0.4, 0.5) is 4.39 Å². The molecule has 2 unspecified atom stereocenters. The van der Waals surface area contributed by atoms with E-state index in [-0.39, 0.29) is 11.8 Å². The highest BCUT2D eigenvalue weighted by Gasteiger charge is 2.21. The Labute approximate surface area is 100 Å². The van der Waals surface area contributed by atoms with Gasteiger partial charge in [-0.2, -0.15) is 0 Å². The summed E-state index contributed by atoms with van der Waals surface area (Å²) >= 11 is 0. The van der Waals surface area contributed by atoms with E-state index in [2.05, 4.69) is 17.2 Å². The number of Topliss-reactive ketones (excluding diaryl/α,β-unsaturated/α-hetero) is 1. The molecule has 0 amide bonds. The second-order valence-electron chi connectivity index (χ2n) is 4.80. The Bertz CT molecular complexity index is 408. The van der Waals surface area contributed by atoms with E-state index in [0.717, 1.165) is 25.6 Å². The van der Waals surface area contributed by atoms with Gasteiger partial charge in [-0.15, -0.1) is 0 Å². The number of hydrogen-bond donors (Lipinski definition) is 1. The van der Waals surface area contributed by atoms with Gasteiger partial charge in [-0.1, -0.05) is 6.92 Å². The SMILES string of the molecule is CC1CCNC(CC(=O)c2cncc(F)c2)C1. The molecule has 2 rings (SSSR count). The van der Waals surface area contributed by atoms with Gasteiger partial charge in [-0.3, -0.25) is 9.78 Å². The number of nitrogens with one attached hydrogen (secondary N) is 1. The third-order valence-electron chi connectivity index (χ3n) is 3.22. The number of carbonyl (C=O) groups is 1. The van der Waals surface area contributed by atoms with Gasteiger partial charge in [0, 0.05) is 24.2 Å². The zero-order valence-corrected chi connectivity index (χ0v) is 9.95. The molecule has 0 spiro atoms. The van der Waals surface area contributed by atoms with Crippen molar-refractivity contribution in [2.75, 3.05) is 6.54 Å². The van der Waals surface area contributed by atoms with Gasteiger partial charge in [0.15, 0.2) is 5.78 Å². The average molecular weight is 236 g/mol. The van der Waals surface area contributed by atoms with Crippen LogP contribution in [0.3, 0.4) is 0 Å². The summed E-state index contributed by atoms with van der Waals surface area (Å²) in [6, 6.07) is 1.47. The molecular weight excluding hydrogens is 219 g/mol. The van der Waals surface area contributed by atoms with E-state index in [0.29, 0.717) is 17.9 Å². The fourth-order valence-corrected chi connectivity index (χ4v) is 2.28. The maximum Gasteiger partial charge on any atom is 0.166 e. The Balaban J connectivity index is 1.97. The third-order valence-corrected chi connectivity index (χ3v) is 3.22. The Kier molecular flexibility index (Phi) is 3.84. The highest BCUT2D eigenvalue weighted by atomic mass is 19.1. The number of aromatic nitrogens is 1. The minimum atomic E-state index is -0.458. The van der Waals surface area contributed by atoms with Gasteiger partial charge >= 0.3 is 0 Å². The smallest absolute Gasteiger partial charge is 0.166 e. The molecule has 2 atom stereocenters. The normalized spacial score (nSPS) is 24.6. The highest BCUT2D eigenvalue weighted by Crippen LogP contribution is 2.18. The van der Waals surface area contributed by atoms with E-state index in [1.54, 1.807) is 0 Å². The summed E-state index contributed by atoms with van der Waals surface area (Å²) in [6.07, 6.45) is 5.13. The standard InChI is InChI=1S/C13H17FN2O/c1-9-2-3-16-12(4-9)6-13(17)10-5-11(14)8-15-7-10/h5,7-9,12,16H,2-4,6H2,1H3.